The Morgan fingerprint density at radius 3 is 2.79 bits per heavy atom. The standard InChI is InChI=1S/C17H22BrN3O2S/c1-11(2)7-8-12(3)19-15(22)10-24-17-21-20-16(23-17)13-5-4-6-14(18)9-13/h4-6,9,11-12H,7-8,10H2,1-3H3,(H,19,22)/t12-/m0/s1. The van der Waals surface area contributed by atoms with Crippen LogP contribution in [0.25, 0.3) is 11.5 Å². The first-order chi connectivity index (χ1) is 11.4. The molecule has 2 aromatic rings. The van der Waals surface area contributed by atoms with Crippen LogP contribution in [0.1, 0.15) is 33.6 Å². The van der Waals surface area contributed by atoms with E-state index in [1.807, 2.05) is 31.2 Å². The van der Waals surface area contributed by atoms with E-state index in [-0.39, 0.29) is 17.7 Å². The van der Waals surface area contributed by atoms with Crippen molar-refractivity contribution in [2.24, 2.45) is 5.92 Å². The molecule has 1 aromatic carbocycles. The molecule has 1 heterocycles. The van der Waals surface area contributed by atoms with Gasteiger partial charge in [0.1, 0.15) is 0 Å². The molecule has 0 fully saturated rings. The molecule has 0 bridgehead atoms. The van der Waals surface area contributed by atoms with Gasteiger partial charge in [-0.2, -0.15) is 0 Å². The summed E-state index contributed by atoms with van der Waals surface area (Å²) < 4.78 is 6.55. The average molecular weight is 412 g/mol. The summed E-state index contributed by atoms with van der Waals surface area (Å²) in [6, 6.07) is 7.82. The molecule has 2 rings (SSSR count). The van der Waals surface area contributed by atoms with Crippen LogP contribution in [-0.4, -0.2) is 27.9 Å². The monoisotopic (exact) mass is 411 g/mol. The second-order valence-electron chi connectivity index (χ2n) is 6.11. The van der Waals surface area contributed by atoms with Gasteiger partial charge in [-0.1, -0.05) is 47.6 Å². The van der Waals surface area contributed by atoms with E-state index >= 15 is 0 Å². The number of carbonyl (C=O) groups excluding carboxylic acids is 1. The van der Waals surface area contributed by atoms with E-state index in [0.29, 0.717) is 17.0 Å². The molecule has 24 heavy (non-hydrogen) atoms. The maximum absolute atomic E-state index is 12.0. The van der Waals surface area contributed by atoms with Crippen LogP contribution in [0, 0.1) is 5.92 Å². The highest BCUT2D eigenvalue weighted by molar-refractivity contribution is 9.10. The molecule has 0 aliphatic heterocycles. The number of hydrogen-bond acceptors (Lipinski definition) is 5. The third-order valence-electron chi connectivity index (χ3n) is 3.39. The van der Waals surface area contributed by atoms with E-state index in [0.717, 1.165) is 22.9 Å². The van der Waals surface area contributed by atoms with Gasteiger partial charge in [0.2, 0.25) is 11.8 Å². The molecular formula is C17H22BrN3O2S. The highest BCUT2D eigenvalue weighted by Gasteiger charge is 2.13. The Hall–Kier alpha value is -1.34. The fourth-order valence-electron chi connectivity index (χ4n) is 2.11. The zero-order valence-corrected chi connectivity index (χ0v) is 16.5. The number of aromatic nitrogens is 2. The third kappa shape index (κ3) is 6.28. The maximum Gasteiger partial charge on any atom is 0.277 e. The summed E-state index contributed by atoms with van der Waals surface area (Å²) in [5.74, 6) is 1.35. The summed E-state index contributed by atoms with van der Waals surface area (Å²) in [6.07, 6.45) is 2.09. The molecule has 5 nitrogen and oxygen atoms in total. The van der Waals surface area contributed by atoms with Gasteiger partial charge in [0.25, 0.3) is 5.22 Å². The predicted molar refractivity (Wildman–Crippen MR) is 99.8 cm³/mol. The van der Waals surface area contributed by atoms with E-state index < -0.39 is 0 Å². The normalized spacial score (nSPS) is 12.4. The Kier molecular flexibility index (Phi) is 7.30. The molecule has 0 aliphatic carbocycles. The van der Waals surface area contributed by atoms with Crippen LogP contribution in [0.3, 0.4) is 0 Å². The number of benzene rings is 1. The zero-order valence-electron chi connectivity index (χ0n) is 14.1. The van der Waals surface area contributed by atoms with Crippen LogP contribution in [0.5, 0.6) is 0 Å². The lowest BCUT2D eigenvalue weighted by Gasteiger charge is -2.14. The van der Waals surface area contributed by atoms with Crippen LogP contribution in [0.15, 0.2) is 38.4 Å². The Morgan fingerprint density at radius 2 is 2.08 bits per heavy atom. The largest absolute Gasteiger partial charge is 0.411 e. The summed E-state index contributed by atoms with van der Waals surface area (Å²) in [5.41, 5.74) is 0.843. The first-order valence-corrected chi connectivity index (χ1v) is 9.73. The Bertz CT molecular complexity index is 675. The van der Waals surface area contributed by atoms with Gasteiger partial charge in [-0.3, -0.25) is 4.79 Å². The summed E-state index contributed by atoms with van der Waals surface area (Å²) in [7, 11) is 0. The van der Waals surface area contributed by atoms with Crippen molar-refractivity contribution in [1.82, 2.24) is 15.5 Å². The molecule has 1 N–H and O–H groups in total. The minimum Gasteiger partial charge on any atom is -0.411 e. The maximum atomic E-state index is 12.0. The van der Waals surface area contributed by atoms with Crippen LogP contribution in [-0.2, 0) is 4.79 Å². The van der Waals surface area contributed by atoms with Gasteiger partial charge < -0.3 is 9.73 Å². The van der Waals surface area contributed by atoms with Crippen molar-refractivity contribution in [3.05, 3.63) is 28.7 Å². The molecular weight excluding hydrogens is 390 g/mol. The van der Waals surface area contributed by atoms with Gasteiger partial charge in [-0.25, -0.2) is 0 Å². The van der Waals surface area contributed by atoms with Gasteiger partial charge >= 0.3 is 0 Å². The average Bonchev–Trinajstić information content (AvgIpc) is 3.00. The molecule has 1 amide bonds. The van der Waals surface area contributed by atoms with Crippen molar-refractivity contribution in [3.63, 3.8) is 0 Å². The first kappa shape index (κ1) is 19.0. The van der Waals surface area contributed by atoms with Crippen molar-refractivity contribution < 1.29 is 9.21 Å². The summed E-state index contributed by atoms with van der Waals surface area (Å²) >= 11 is 4.66. The fraction of sp³-hybridized carbons (Fsp3) is 0.471. The van der Waals surface area contributed by atoms with E-state index in [9.17, 15) is 4.79 Å². The number of nitrogens with zero attached hydrogens (tertiary/aromatic N) is 2. The lowest BCUT2D eigenvalue weighted by molar-refractivity contribution is -0.119. The molecule has 0 saturated heterocycles. The summed E-state index contributed by atoms with van der Waals surface area (Å²) in [6.45, 7) is 6.40. The second kappa shape index (κ2) is 9.22. The smallest absolute Gasteiger partial charge is 0.277 e. The number of halogens is 1. The number of amides is 1. The summed E-state index contributed by atoms with van der Waals surface area (Å²) in [5, 5.41) is 11.4. The predicted octanol–water partition coefficient (Wildman–Crippen LogP) is 4.53. The first-order valence-electron chi connectivity index (χ1n) is 7.95. The number of rotatable bonds is 8. The minimum absolute atomic E-state index is 0.0153. The van der Waals surface area contributed by atoms with Gasteiger partial charge in [-0.15, -0.1) is 10.2 Å². The lowest BCUT2D eigenvalue weighted by Crippen LogP contribution is -2.34. The molecule has 7 heteroatoms. The third-order valence-corrected chi connectivity index (χ3v) is 4.70. The van der Waals surface area contributed by atoms with Gasteiger partial charge in [-0.05, 0) is 43.9 Å². The minimum atomic E-state index is -0.0153. The van der Waals surface area contributed by atoms with Crippen molar-refractivity contribution in [2.45, 2.75) is 44.9 Å². The second-order valence-corrected chi connectivity index (χ2v) is 7.95. The lowest BCUT2D eigenvalue weighted by atomic mass is 10.0. The zero-order chi connectivity index (χ0) is 17.5. The van der Waals surface area contributed by atoms with Crippen LogP contribution in [0.2, 0.25) is 0 Å². The van der Waals surface area contributed by atoms with E-state index in [2.05, 4.69) is 45.3 Å². The van der Waals surface area contributed by atoms with E-state index in [1.165, 1.54) is 11.8 Å². The van der Waals surface area contributed by atoms with Crippen molar-refractivity contribution in [3.8, 4) is 11.5 Å². The van der Waals surface area contributed by atoms with Crippen molar-refractivity contribution in [2.75, 3.05) is 5.75 Å². The van der Waals surface area contributed by atoms with Gasteiger partial charge in [0.05, 0.1) is 5.75 Å². The van der Waals surface area contributed by atoms with E-state index in [4.69, 9.17) is 4.42 Å². The van der Waals surface area contributed by atoms with Crippen LogP contribution >= 0.6 is 27.7 Å². The Balaban J connectivity index is 1.81. The van der Waals surface area contributed by atoms with Crippen molar-refractivity contribution >= 4 is 33.6 Å². The highest BCUT2D eigenvalue weighted by Crippen LogP contribution is 2.25. The van der Waals surface area contributed by atoms with Crippen LogP contribution < -0.4 is 5.32 Å². The van der Waals surface area contributed by atoms with Crippen molar-refractivity contribution in [1.29, 1.82) is 0 Å². The molecule has 130 valence electrons. The SMILES string of the molecule is CC(C)CC[C@H](C)NC(=O)CSc1nnc(-c2cccc(Br)c2)o1. The molecule has 0 radical (unpaired) electrons. The van der Waals surface area contributed by atoms with Crippen LogP contribution in [0.4, 0.5) is 0 Å². The number of thioether (sulfide) groups is 1. The molecule has 0 aliphatic rings. The summed E-state index contributed by atoms with van der Waals surface area (Å²) in [4.78, 5) is 12.0. The molecule has 1 aromatic heterocycles. The topological polar surface area (TPSA) is 68.0 Å². The Labute approximate surface area is 155 Å². The fourth-order valence-corrected chi connectivity index (χ4v) is 3.08. The number of hydrogen-bond donors (Lipinski definition) is 1. The Morgan fingerprint density at radius 1 is 1.29 bits per heavy atom. The molecule has 0 unspecified atom stereocenters. The van der Waals surface area contributed by atoms with Gasteiger partial charge in [0.15, 0.2) is 0 Å². The molecule has 0 spiro atoms. The number of nitrogens with one attached hydrogen (secondary N) is 1. The molecule has 0 saturated carbocycles. The number of carbonyl (C=O) groups is 1. The van der Waals surface area contributed by atoms with Gasteiger partial charge in [0, 0.05) is 16.1 Å². The highest BCUT2D eigenvalue weighted by atomic mass is 79.9. The molecule has 1 atom stereocenters. The van der Waals surface area contributed by atoms with E-state index in [1.54, 1.807) is 0 Å². The quantitative estimate of drug-likeness (QED) is 0.645.